The molecule has 1 nitrogen and oxygen atoms in total. The molecule has 44 heavy (non-hydrogen) atoms. The molecule has 0 aliphatic carbocycles. The lowest BCUT2D eigenvalue weighted by molar-refractivity contribution is 0.437. The fourth-order valence-electron chi connectivity index (χ4n) is 6.74. The van der Waals surface area contributed by atoms with Gasteiger partial charge < -0.3 is 5.32 Å². The van der Waals surface area contributed by atoms with Crippen molar-refractivity contribution in [2.24, 2.45) is 5.92 Å². The Balaban J connectivity index is 2.11. The molecule has 0 bridgehead atoms. The van der Waals surface area contributed by atoms with E-state index >= 15 is 0 Å². The van der Waals surface area contributed by atoms with Crippen LogP contribution in [0.2, 0.25) is 0 Å². The number of aryl methyl sites for hydroxylation is 2. The summed E-state index contributed by atoms with van der Waals surface area (Å²) in [5.74, 6) is 0.795. The molecule has 1 atom stereocenters. The van der Waals surface area contributed by atoms with Crippen molar-refractivity contribution in [3.05, 3.63) is 59.7 Å². The quantitative estimate of drug-likeness (QED) is 0.0619. The molecule has 1 unspecified atom stereocenters. The van der Waals surface area contributed by atoms with Gasteiger partial charge in [-0.15, -0.1) is 0 Å². The van der Waals surface area contributed by atoms with Crippen LogP contribution in [0.4, 0.5) is 0 Å². The Morgan fingerprint density at radius 3 is 1.64 bits per heavy atom. The van der Waals surface area contributed by atoms with Gasteiger partial charge in [0.05, 0.1) is 0 Å². The Hall–Kier alpha value is -1.34. The van der Waals surface area contributed by atoms with E-state index in [2.05, 4.69) is 56.6 Å². The molecule has 1 aromatic carbocycles. The molecule has 1 N–H and O–H groups in total. The Bertz CT molecular complexity index is 792. The normalized spacial score (nSPS) is 12.1. The summed E-state index contributed by atoms with van der Waals surface area (Å²) in [7, 11) is 2.03. The van der Waals surface area contributed by atoms with Crippen LogP contribution in [-0.2, 0) is 12.8 Å². The van der Waals surface area contributed by atoms with Gasteiger partial charge in [0.2, 0.25) is 0 Å². The number of allylic oxidation sites excluding steroid dienone is 2. The summed E-state index contributed by atoms with van der Waals surface area (Å²) in [4.78, 5) is 0. The predicted octanol–water partition coefficient (Wildman–Crippen LogP) is 13.9. The van der Waals surface area contributed by atoms with Crippen molar-refractivity contribution in [2.45, 2.75) is 194 Å². The monoisotopic (exact) mass is 608 g/mol. The third-order valence-electron chi connectivity index (χ3n) is 9.82. The number of nitrogens with one attached hydrogen (secondary N) is 1. The highest BCUT2D eigenvalue weighted by Gasteiger charge is 2.12. The third-order valence-corrected chi connectivity index (χ3v) is 9.82. The van der Waals surface area contributed by atoms with E-state index in [0.717, 1.165) is 31.7 Å². The van der Waals surface area contributed by atoms with Crippen LogP contribution in [0.15, 0.2) is 48.6 Å². The molecular weight excluding hydrogens is 530 g/mol. The SMILES string of the molecule is C=C(CCCNC)CCc1cccc(CCCCCCCCCCCC(=C)C(CCCCCCC)CCCCCCCC)c1. The topological polar surface area (TPSA) is 12.0 Å². The predicted molar refractivity (Wildman–Crippen MR) is 201 cm³/mol. The van der Waals surface area contributed by atoms with Crippen LogP contribution in [0.5, 0.6) is 0 Å². The second kappa shape index (κ2) is 30.3. The van der Waals surface area contributed by atoms with Crippen LogP contribution in [0.3, 0.4) is 0 Å². The summed E-state index contributed by atoms with van der Waals surface area (Å²) in [6.45, 7) is 14.6. The molecule has 0 aromatic heterocycles. The summed E-state index contributed by atoms with van der Waals surface area (Å²) in [5.41, 5.74) is 5.99. The molecule has 0 saturated heterocycles. The number of unbranched alkanes of at least 4 members (excludes halogenated alkanes) is 17. The standard InChI is InChI=1S/C43H77N/c1-6-8-10-12-21-25-34-43(33-24-18-11-9-7-2)40(4)29-22-19-16-14-13-15-17-20-23-30-41-31-26-32-42(38-41)36-35-39(3)28-27-37-44-5/h26,31-32,38,43-44H,3-4,6-25,27-30,33-37H2,1-2,5H3. The summed E-state index contributed by atoms with van der Waals surface area (Å²) in [6.07, 6.45) is 38.0. The summed E-state index contributed by atoms with van der Waals surface area (Å²) < 4.78 is 0. The van der Waals surface area contributed by atoms with Gasteiger partial charge in [0.15, 0.2) is 0 Å². The summed E-state index contributed by atoms with van der Waals surface area (Å²) >= 11 is 0. The molecule has 0 spiro atoms. The van der Waals surface area contributed by atoms with Crippen LogP contribution in [-0.4, -0.2) is 13.6 Å². The Labute approximate surface area is 277 Å². The molecule has 1 aromatic rings. The zero-order valence-corrected chi connectivity index (χ0v) is 30.3. The first-order valence-corrected chi connectivity index (χ1v) is 19.7. The minimum Gasteiger partial charge on any atom is -0.320 e. The van der Waals surface area contributed by atoms with E-state index in [-0.39, 0.29) is 0 Å². The van der Waals surface area contributed by atoms with Crippen molar-refractivity contribution in [1.82, 2.24) is 5.32 Å². The summed E-state index contributed by atoms with van der Waals surface area (Å²) in [5, 5.41) is 3.23. The third kappa shape index (κ3) is 24.0. The Kier molecular flexibility index (Phi) is 28.0. The lowest BCUT2D eigenvalue weighted by Gasteiger charge is -2.20. The van der Waals surface area contributed by atoms with Gasteiger partial charge in [-0.05, 0) is 94.8 Å². The van der Waals surface area contributed by atoms with Gasteiger partial charge in [0, 0.05) is 0 Å². The van der Waals surface area contributed by atoms with Crippen LogP contribution < -0.4 is 5.32 Å². The summed E-state index contributed by atoms with van der Waals surface area (Å²) in [6, 6.07) is 9.32. The molecule has 0 aliphatic rings. The highest BCUT2D eigenvalue weighted by molar-refractivity contribution is 5.24. The molecule has 254 valence electrons. The molecule has 0 amide bonds. The second-order valence-corrected chi connectivity index (χ2v) is 14.1. The first kappa shape index (κ1) is 40.7. The lowest BCUT2D eigenvalue weighted by Crippen LogP contribution is -2.07. The maximum absolute atomic E-state index is 4.62. The van der Waals surface area contributed by atoms with Gasteiger partial charge in [0.1, 0.15) is 0 Å². The number of hydrogen-bond acceptors (Lipinski definition) is 1. The van der Waals surface area contributed by atoms with Gasteiger partial charge >= 0.3 is 0 Å². The van der Waals surface area contributed by atoms with E-state index < -0.39 is 0 Å². The highest BCUT2D eigenvalue weighted by atomic mass is 14.8. The van der Waals surface area contributed by atoms with E-state index in [1.165, 1.54) is 177 Å². The maximum Gasteiger partial charge on any atom is -0.00489 e. The molecule has 1 heteroatoms. The first-order chi connectivity index (χ1) is 21.6. The largest absolute Gasteiger partial charge is 0.320 e. The van der Waals surface area contributed by atoms with Crippen LogP contribution in [0.1, 0.15) is 192 Å². The van der Waals surface area contributed by atoms with Crippen molar-refractivity contribution in [1.29, 1.82) is 0 Å². The number of hydrogen-bond donors (Lipinski definition) is 1. The smallest absolute Gasteiger partial charge is 0.00489 e. The van der Waals surface area contributed by atoms with Crippen molar-refractivity contribution in [2.75, 3.05) is 13.6 Å². The average Bonchev–Trinajstić information content (AvgIpc) is 3.03. The van der Waals surface area contributed by atoms with Gasteiger partial charge in [0.25, 0.3) is 0 Å². The molecule has 0 heterocycles. The zero-order valence-electron chi connectivity index (χ0n) is 30.3. The molecule has 1 rings (SSSR count). The van der Waals surface area contributed by atoms with Gasteiger partial charge in [-0.25, -0.2) is 0 Å². The lowest BCUT2D eigenvalue weighted by atomic mass is 9.86. The molecule has 0 radical (unpaired) electrons. The van der Waals surface area contributed by atoms with E-state index in [4.69, 9.17) is 0 Å². The molecular formula is C43H77N. The Morgan fingerprint density at radius 2 is 1.07 bits per heavy atom. The van der Waals surface area contributed by atoms with Gasteiger partial charge in [-0.2, -0.15) is 0 Å². The number of benzene rings is 1. The zero-order chi connectivity index (χ0) is 31.9. The minimum atomic E-state index is 0.795. The Morgan fingerprint density at radius 1 is 0.568 bits per heavy atom. The van der Waals surface area contributed by atoms with Crippen molar-refractivity contribution in [3.8, 4) is 0 Å². The van der Waals surface area contributed by atoms with Crippen LogP contribution in [0.25, 0.3) is 0 Å². The molecule has 0 aliphatic heterocycles. The maximum atomic E-state index is 4.62. The minimum absolute atomic E-state index is 0.795. The van der Waals surface area contributed by atoms with Crippen molar-refractivity contribution in [3.63, 3.8) is 0 Å². The average molecular weight is 608 g/mol. The van der Waals surface area contributed by atoms with Crippen molar-refractivity contribution >= 4 is 0 Å². The molecule has 0 saturated carbocycles. The van der Waals surface area contributed by atoms with E-state index in [9.17, 15) is 0 Å². The van der Waals surface area contributed by atoms with Gasteiger partial charge in [-0.1, -0.05) is 178 Å². The number of rotatable bonds is 33. The fourth-order valence-corrected chi connectivity index (χ4v) is 6.74. The van der Waals surface area contributed by atoms with Crippen molar-refractivity contribution < 1.29 is 0 Å². The highest BCUT2D eigenvalue weighted by Crippen LogP contribution is 2.28. The van der Waals surface area contributed by atoms with Gasteiger partial charge in [-0.3, -0.25) is 0 Å². The van der Waals surface area contributed by atoms with E-state index in [0.29, 0.717) is 0 Å². The fraction of sp³-hybridized carbons (Fsp3) is 0.767. The van der Waals surface area contributed by atoms with E-state index in [1.807, 2.05) is 7.05 Å². The molecule has 0 fully saturated rings. The van der Waals surface area contributed by atoms with E-state index in [1.54, 1.807) is 5.57 Å². The van der Waals surface area contributed by atoms with Crippen LogP contribution >= 0.6 is 0 Å². The second-order valence-electron chi connectivity index (χ2n) is 14.1. The van der Waals surface area contributed by atoms with Crippen LogP contribution in [0, 0.1) is 5.92 Å². The first-order valence-electron chi connectivity index (χ1n) is 19.7.